The van der Waals surface area contributed by atoms with Gasteiger partial charge in [-0.2, -0.15) is 0 Å². The Hall–Kier alpha value is -2.51. The lowest BCUT2D eigenvalue weighted by atomic mass is 10.1. The van der Waals surface area contributed by atoms with Crippen LogP contribution in [0.2, 0.25) is 0 Å². The summed E-state index contributed by atoms with van der Waals surface area (Å²) in [6, 6.07) is 0. The molecule has 0 spiro atoms. The van der Waals surface area contributed by atoms with E-state index in [1.807, 2.05) is 0 Å². The molecule has 1 aliphatic rings. The fourth-order valence-corrected chi connectivity index (χ4v) is 2.06. The Morgan fingerprint density at radius 2 is 1.71 bits per heavy atom. The summed E-state index contributed by atoms with van der Waals surface area (Å²) in [7, 11) is 0. The van der Waals surface area contributed by atoms with Crippen LogP contribution < -0.4 is 5.32 Å². The van der Waals surface area contributed by atoms with Crippen LogP contribution in [0, 0.1) is 0 Å². The number of nitrogens with one attached hydrogen (secondary N) is 1. The molecular weight excluding hydrogens is 276 g/mol. The zero-order valence-corrected chi connectivity index (χ0v) is 11.4. The molecule has 0 unspecified atom stereocenters. The lowest BCUT2D eigenvalue weighted by molar-refractivity contribution is -0.130. The van der Waals surface area contributed by atoms with E-state index in [4.69, 9.17) is 5.11 Å². The van der Waals surface area contributed by atoms with Gasteiger partial charge in [-0.25, -0.2) is 14.8 Å². The Kier molecular flexibility index (Phi) is 4.81. The van der Waals surface area contributed by atoms with Crippen molar-refractivity contribution >= 4 is 17.8 Å². The van der Waals surface area contributed by atoms with Gasteiger partial charge < -0.3 is 15.3 Å². The third-order valence-corrected chi connectivity index (χ3v) is 3.21. The molecule has 21 heavy (non-hydrogen) atoms. The van der Waals surface area contributed by atoms with E-state index >= 15 is 0 Å². The monoisotopic (exact) mass is 292 g/mol. The summed E-state index contributed by atoms with van der Waals surface area (Å²) < 4.78 is 0. The number of amides is 2. The standard InChI is InChI=1S/C13H16N4O4/c18-11(17-4-2-1-3-5-17)8-16-12(19)9-6-15-10(7-14-9)13(20)21/h6-7H,1-5,8H2,(H,16,19)(H,20,21). The number of aromatic nitrogens is 2. The first-order valence-corrected chi connectivity index (χ1v) is 6.69. The summed E-state index contributed by atoms with van der Waals surface area (Å²) in [5.74, 6) is -1.89. The molecule has 8 heteroatoms. The van der Waals surface area contributed by atoms with Crippen LogP contribution in [0.3, 0.4) is 0 Å². The van der Waals surface area contributed by atoms with Gasteiger partial charge in [0.25, 0.3) is 5.91 Å². The Labute approximate surface area is 121 Å². The van der Waals surface area contributed by atoms with E-state index in [9.17, 15) is 14.4 Å². The van der Waals surface area contributed by atoms with Crippen LogP contribution in [-0.4, -0.2) is 57.4 Å². The van der Waals surface area contributed by atoms with Crippen molar-refractivity contribution in [3.8, 4) is 0 Å². The van der Waals surface area contributed by atoms with Crippen molar-refractivity contribution in [3.05, 3.63) is 23.8 Å². The highest BCUT2D eigenvalue weighted by atomic mass is 16.4. The van der Waals surface area contributed by atoms with E-state index < -0.39 is 11.9 Å². The van der Waals surface area contributed by atoms with Gasteiger partial charge in [0, 0.05) is 13.1 Å². The van der Waals surface area contributed by atoms with Crippen molar-refractivity contribution in [3.63, 3.8) is 0 Å². The molecule has 2 heterocycles. The third-order valence-electron chi connectivity index (χ3n) is 3.21. The molecule has 2 amide bonds. The molecule has 112 valence electrons. The number of carbonyl (C=O) groups is 3. The Morgan fingerprint density at radius 3 is 2.29 bits per heavy atom. The number of rotatable bonds is 4. The second-order valence-electron chi connectivity index (χ2n) is 4.72. The number of aromatic carboxylic acids is 1. The largest absolute Gasteiger partial charge is 0.476 e. The molecule has 0 atom stereocenters. The molecule has 0 aromatic carbocycles. The average Bonchev–Trinajstić information content (AvgIpc) is 2.53. The average molecular weight is 292 g/mol. The minimum absolute atomic E-state index is 0.0218. The maximum absolute atomic E-state index is 11.9. The van der Waals surface area contributed by atoms with Crippen LogP contribution in [0.15, 0.2) is 12.4 Å². The molecule has 8 nitrogen and oxygen atoms in total. The molecule has 1 aromatic heterocycles. The smallest absolute Gasteiger partial charge is 0.356 e. The van der Waals surface area contributed by atoms with Gasteiger partial charge in [0.2, 0.25) is 5.91 Å². The summed E-state index contributed by atoms with van der Waals surface area (Å²) in [4.78, 5) is 43.3. The third kappa shape index (κ3) is 3.98. The lowest BCUT2D eigenvalue weighted by Gasteiger charge is -2.26. The van der Waals surface area contributed by atoms with Crippen LogP contribution in [0.5, 0.6) is 0 Å². The first kappa shape index (κ1) is 14.9. The Morgan fingerprint density at radius 1 is 1.10 bits per heavy atom. The van der Waals surface area contributed by atoms with Crippen LogP contribution in [0.1, 0.15) is 40.2 Å². The molecular formula is C13H16N4O4. The fourth-order valence-electron chi connectivity index (χ4n) is 2.06. The van der Waals surface area contributed by atoms with Gasteiger partial charge in [-0.3, -0.25) is 9.59 Å². The fraction of sp³-hybridized carbons (Fsp3) is 0.462. The van der Waals surface area contributed by atoms with Gasteiger partial charge in [-0.05, 0) is 19.3 Å². The summed E-state index contributed by atoms with van der Waals surface area (Å²) in [6.07, 6.45) is 5.18. The lowest BCUT2D eigenvalue weighted by Crippen LogP contribution is -2.42. The zero-order chi connectivity index (χ0) is 15.2. The van der Waals surface area contributed by atoms with Gasteiger partial charge >= 0.3 is 5.97 Å². The van der Waals surface area contributed by atoms with E-state index in [-0.39, 0.29) is 23.8 Å². The van der Waals surface area contributed by atoms with Crippen molar-refractivity contribution < 1.29 is 19.5 Å². The van der Waals surface area contributed by atoms with Gasteiger partial charge in [0.1, 0.15) is 5.69 Å². The van der Waals surface area contributed by atoms with Crippen molar-refractivity contribution in [2.24, 2.45) is 0 Å². The van der Waals surface area contributed by atoms with Crippen LogP contribution in [0.25, 0.3) is 0 Å². The molecule has 0 saturated carbocycles. The number of carboxylic acids is 1. The van der Waals surface area contributed by atoms with Gasteiger partial charge in [-0.15, -0.1) is 0 Å². The summed E-state index contributed by atoms with van der Waals surface area (Å²) in [6.45, 7) is 1.35. The molecule has 0 radical (unpaired) electrons. The molecule has 1 aliphatic heterocycles. The van der Waals surface area contributed by atoms with Gasteiger partial charge in [0.15, 0.2) is 5.69 Å². The maximum Gasteiger partial charge on any atom is 0.356 e. The van der Waals surface area contributed by atoms with Crippen LogP contribution in [0.4, 0.5) is 0 Å². The van der Waals surface area contributed by atoms with E-state index in [0.29, 0.717) is 0 Å². The predicted octanol–water partition coefficient (Wildman–Crippen LogP) is -0.0829. The van der Waals surface area contributed by atoms with E-state index in [1.54, 1.807) is 4.90 Å². The van der Waals surface area contributed by atoms with E-state index in [0.717, 1.165) is 44.7 Å². The topological polar surface area (TPSA) is 112 Å². The van der Waals surface area contributed by atoms with Gasteiger partial charge in [0.05, 0.1) is 18.9 Å². The number of nitrogens with zero attached hydrogens (tertiary/aromatic N) is 3. The Bertz CT molecular complexity index is 538. The number of piperidine rings is 1. The molecule has 2 N–H and O–H groups in total. The van der Waals surface area contributed by atoms with Crippen LogP contribution in [-0.2, 0) is 4.79 Å². The summed E-state index contributed by atoms with van der Waals surface area (Å²) >= 11 is 0. The molecule has 0 aliphatic carbocycles. The minimum atomic E-state index is -1.21. The minimum Gasteiger partial charge on any atom is -0.476 e. The number of carboxylic acid groups (broad SMARTS) is 1. The first-order valence-electron chi connectivity index (χ1n) is 6.69. The maximum atomic E-state index is 11.9. The van der Waals surface area contributed by atoms with Crippen molar-refractivity contribution in [1.29, 1.82) is 0 Å². The molecule has 1 saturated heterocycles. The molecule has 2 rings (SSSR count). The second kappa shape index (κ2) is 6.78. The summed E-state index contributed by atoms with van der Waals surface area (Å²) in [5.41, 5.74) is -0.262. The van der Waals surface area contributed by atoms with Crippen LogP contribution >= 0.6 is 0 Å². The normalized spacial score (nSPS) is 14.6. The Balaban J connectivity index is 1.86. The highest BCUT2D eigenvalue weighted by molar-refractivity contribution is 5.95. The number of likely N-dealkylation sites (tertiary alicyclic amines) is 1. The highest BCUT2D eigenvalue weighted by Gasteiger charge is 2.18. The van der Waals surface area contributed by atoms with Crippen molar-refractivity contribution in [2.45, 2.75) is 19.3 Å². The number of hydrogen-bond acceptors (Lipinski definition) is 5. The number of hydrogen-bond donors (Lipinski definition) is 2. The van der Waals surface area contributed by atoms with E-state index in [2.05, 4.69) is 15.3 Å². The SMILES string of the molecule is O=C(O)c1cnc(C(=O)NCC(=O)N2CCCCC2)cn1. The van der Waals surface area contributed by atoms with Crippen molar-refractivity contribution in [1.82, 2.24) is 20.2 Å². The molecule has 1 aromatic rings. The first-order chi connectivity index (χ1) is 10.1. The van der Waals surface area contributed by atoms with Gasteiger partial charge in [-0.1, -0.05) is 0 Å². The number of carbonyl (C=O) groups excluding carboxylic acids is 2. The van der Waals surface area contributed by atoms with Crippen molar-refractivity contribution in [2.75, 3.05) is 19.6 Å². The zero-order valence-electron chi connectivity index (χ0n) is 11.4. The molecule has 0 bridgehead atoms. The van der Waals surface area contributed by atoms with E-state index in [1.165, 1.54) is 0 Å². The highest BCUT2D eigenvalue weighted by Crippen LogP contribution is 2.08. The summed E-state index contributed by atoms with van der Waals surface area (Å²) in [5, 5.41) is 11.1. The molecule has 1 fully saturated rings. The quantitative estimate of drug-likeness (QED) is 0.802. The second-order valence-corrected chi connectivity index (χ2v) is 4.72. The predicted molar refractivity (Wildman–Crippen MR) is 71.8 cm³/mol.